The van der Waals surface area contributed by atoms with Crippen molar-refractivity contribution in [2.45, 2.75) is 31.9 Å². The van der Waals surface area contributed by atoms with Crippen LogP contribution in [0.5, 0.6) is 0 Å². The van der Waals surface area contributed by atoms with Gasteiger partial charge in [-0.25, -0.2) is 0 Å². The number of aromatic nitrogens is 1. The van der Waals surface area contributed by atoms with Crippen molar-refractivity contribution in [3.05, 3.63) is 39.2 Å². The summed E-state index contributed by atoms with van der Waals surface area (Å²) in [7, 11) is 1.56. The lowest BCUT2D eigenvalue weighted by Gasteiger charge is -2.38. The smallest absolute Gasteiger partial charge is 0.371 e. The molecule has 0 spiro atoms. The van der Waals surface area contributed by atoms with Crippen LogP contribution in [-0.2, 0) is 26.1 Å². The minimum atomic E-state index is -4.52. The maximum absolute atomic E-state index is 13.4. The summed E-state index contributed by atoms with van der Waals surface area (Å²) in [6.45, 7) is 1.89. The molecule has 0 atom stereocenters. The van der Waals surface area contributed by atoms with E-state index in [1.54, 1.807) is 13.1 Å². The first kappa shape index (κ1) is 14.6. The molecule has 122 valence electrons. The molecule has 0 amide bonds. The van der Waals surface area contributed by atoms with Crippen LogP contribution in [0.15, 0.2) is 16.9 Å². The largest absolute Gasteiger partial charge is 0.417 e. The van der Waals surface area contributed by atoms with E-state index >= 15 is 0 Å². The molecule has 1 aromatic heterocycles. The molecule has 6 heteroatoms. The molecule has 0 fully saturated rings. The summed E-state index contributed by atoms with van der Waals surface area (Å²) in [5, 5.41) is 0.164. The maximum Gasteiger partial charge on any atom is 0.417 e. The number of aryl methyl sites for hydroxylation is 3. The van der Waals surface area contributed by atoms with Crippen LogP contribution in [-0.4, -0.2) is 17.7 Å². The summed E-state index contributed by atoms with van der Waals surface area (Å²) in [6.07, 6.45) is -1.11. The Balaban J connectivity index is 2.18. The Kier molecular flexibility index (Phi) is 3.02. The minimum Gasteiger partial charge on any atom is -0.371 e. The quantitative estimate of drug-likeness (QED) is 0.744. The molecule has 0 radical (unpaired) electrons. The Morgan fingerprint density at radius 3 is 2.48 bits per heavy atom. The Bertz CT molecular complexity index is 865. The van der Waals surface area contributed by atoms with E-state index < -0.39 is 17.3 Å². The average molecular weight is 322 g/mol. The molecule has 1 aromatic carbocycles. The Hall–Kier alpha value is -1.98. The standard InChI is InChI=1S/C17H17F3N2O/c1-21-14(23)9-13(17(18,19)20)12-8-10-4-2-6-22-7-3-5-11(15(10)22)16(12)21/h8-9H,2-7H2,1H3. The fraction of sp³-hybridized carbons (Fsp3) is 0.471. The first-order valence-electron chi connectivity index (χ1n) is 7.88. The normalized spacial score (nSPS) is 17.5. The van der Waals surface area contributed by atoms with Crippen LogP contribution in [0.2, 0.25) is 0 Å². The van der Waals surface area contributed by atoms with Gasteiger partial charge in [-0.05, 0) is 37.3 Å². The monoisotopic (exact) mass is 322 g/mol. The molecule has 2 aliphatic heterocycles. The zero-order chi connectivity index (χ0) is 16.4. The van der Waals surface area contributed by atoms with Crippen LogP contribution in [0.3, 0.4) is 0 Å². The zero-order valence-corrected chi connectivity index (χ0v) is 12.8. The molecule has 0 N–H and O–H groups in total. The van der Waals surface area contributed by atoms with Gasteiger partial charge in [0.05, 0.1) is 11.1 Å². The van der Waals surface area contributed by atoms with E-state index in [9.17, 15) is 18.0 Å². The highest BCUT2D eigenvalue weighted by molar-refractivity contribution is 5.92. The van der Waals surface area contributed by atoms with Gasteiger partial charge < -0.3 is 9.47 Å². The maximum atomic E-state index is 13.4. The van der Waals surface area contributed by atoms with Crippen LogP contribution >= 0.6 is 0 Å². The van der Waals surface area contributed by atoms with E-state index in [0.717, 1.165) is 61.7 Å². The van der Waals surface area contributed by atoms with Crippen LogP contribution in [0, 0.1) is 0 Å². The predicted molar refractivity (Wildman–Crippen MR) is 83.0 cm³/mol. The van der Waals surface area contributed by atoms with Crippen molar-refractivity contribution in [3.63, 3.8) is 0 Å². The molecule has 3 nitrogen and oxygen atoms in total. The van der Waals surface area contributed by atoms with Gasteiger partial charge in [0.25, 0.3) is 5.56 Å². The fourth-order valence-electron chi connectivity index (χ4n) is 4.07. The van der Waals surface area contributed by atoms with Crippen LogP contribution in [0.25, 0.3) is 10.9 Å². The van der Waals surface area contributed by atoms with Crippen molar-refractivity contribution >= 4 is 16.6 Å². The molecule has 23 heavy (non-hydrogen) atoms. The van der Waals surface area contributed by atoms with E-state index in [2.05, 4.69) is 4.90 Å². The fourth-order valence-corrected chi connectivity index (χ4v) is 4.07. The molecule has 2 aliphatic rings. The van der Waals surface area contributed by atoms with Gasteiger partial charge in [0.1, 0.15) is 0 Å². The van der Waals surface area contributed by atoms with Crippen molar-refractivity contribution < 1.29 is 13.2 Å². The summed E-state index contributed by atoms with van der Waals surface area (Å²) < 4.78 is 41.7. The van der Waals surface area contributed by atoms with E-state index in [4.69, 9.17) is 0 Å². The second-order valence-electron chi connectivity index (χ2n) is 6.41. The number of rotatable bonds is 0. The van der Waals surface area contributed by atoms with Gasteiger partial charge in [-0.2, -0.15) is 13.2 Å². The average Bonchev–Trinajstić information content (AvgIpc) is 2.50. The molecular formula is C17H17F3N2O. The summed E-state index contributed by atoms with van der Waals surface area (Å²) in [5.74, 6) is 0. The summed E-state index contributed by atoms with van der Waals surface area (Å²) in [6, 6.07) is 2.39. The van der Waals surface area contributed by atoms with E-state index in [1.165, 1.54) is 4.57 Å². The van der Waals surface area contributed by atoms with Crippen LogP contribution in [0.1, 0.15) is 29.5 Å². The molecule has 0 bridgehead atoms. The summed E-state index contributed by atoms with van der Waals surface area (Å²) in [5.41, 5.74) is 2.02. The summed E-state index contributed by atoms with van der Waals surface area (Å²) >= 11 is 0. The number of anilines is 1. The molecule has 2 aromatic rings. The van der Waals surface area contributed by atoms with E-state index in [1.807, 2.05) is 0 Å². The molecule has 0 aliphatic carbocycles. The highest BCUT2D eigenvalue weighted by Crippen LogP contribution is 2.42. The lowest BCUT2D eigenvalue weighted by atomic mass is 9.88. The Morgan fingerprint density at radius 2 is 1.78 bits per heavy atom. The highest BCUT2D eigenvalue weighted by atomic mass is 19.4. The van der Waals surface area contributed by atoms with Gasteiger partial charge in [0.2, 0.25) is 0 Å². The molecule has 0 saturated heterocycles. The highest BCUT2D eigenvalue weighted by Gasteiger charge is 2.36. The zero-order valence-electron chi connectivity index (χ0n) is 12.8. The van der Waals surface area contributed by atoms with Crippen molar-refractivity contribution in [3.8, 4) is 0 Å². The van der Waals surface area contributed by atoms with Crippen molar-refractivity contribution in [2.75, 3.05) is 18.0 Å². The topological polar surface area (TPSA) is 25.2 Å². The first-order valence-corrected chi connectivity index (χ1v) is 7.88. The Morgan fingerprint density at radius 1 is 1.09 bits per heavy atom. The second kappa shape index (κ2) is 4.76. The third kappa shape index (κ3) is 2.07. The van der Waals surface area contributed by atoms with E-state index in [0.29, 0.717) is 5.52 Å². The third-order valence-corrected chi connectivity index (χ3v) is 5.02. The first-order chi connectivity index (χ1) is 10.9. The number of alkyl halides is 3. The molecule has 0 unspecified atom stereocenters. The van der Waals surface area contributed by atoms with E-state index in [-0.39, 0.29) is 5.39 Å². The number of benzene rings is 1. The van der Waals surface area contributed by atoms with Crippen molar-refractivity contribution in [1.82, 2.24) is 4.57 Å². The van der Waals surface area contributed by atoms with Crippen LogP contribution in [0.4, 0.5) is 18.9 Å². The predicted octanol–water partition coefficient (Wildman–Crippen LogP) is 3.26. The minimum absolute atomic E-state index is 0.164. The third-order valence-electron chi connectivity index (χ3n) is 5.02. The van der Waals surface area contributed by atoms with Gasteiger partial charge >= 0.3 is 6.18 Å². The molecule has 0 saturated carbocycles. The molecular weight excluding hydrogens is 305 g/mol. The number of hydrogen-bond donors (Lipinski definition) is 0. The lowest BCUT2D eigenvalue weighted by molar-refractivity contribution is -0.136. The summed E-state index contributed by atoms with van der Waals surface area (Å²) in [4.78, 5) is 14.4. The number of pyridine rings is 1. The number of hydrogen-bond acceptors (Lipinski definition) is 2. The van der Waals surface area contributed by atoms with Crippen molar-refractivity contribution in [2.24, 2.45) is 7.05 Å². The van der Waals surface area contributed by atoms with Crippen LogP contribution < -0.4 is 10.5 Å². The SMILES string of the molecule is Cn1c(=O)cc(C(F)(F)F)c2cc3c4c(c21)CCCN4CCC3. The van der Waals surface area contributed by atoms with Gasteiger partial charge in [0.15, 0.2) is 0 Å². The Labute approximate surface area is 131 Å². The van der Waals surface area contributed by atoms with Crippen molar-refractivity contribution in [1.29, 1.82) is 0 Å². The van der Waals surface area contributed by atoms with Gasteiger partial charge in [-0.1, -0.05) is 0 Å². The lowest BCUT2D eigenvalue weighted by Crippen LogP contribution is -2.35. The van der Waals surface area contributed by atoms with Gasteiger partial charge in [0, 0.05) is 42.8 Å². The van der Waals surface area contributed by atoms with Gasteiger partial charge in [-0.15, -0.1) is 0 Å². The number of nitrogens with zero attached hydrogens (tertiary/aromatic N) is 2. The molecule has 3 heterocycles. The number of fused-ring (bicyclic) bond motifs is 2. The number of halogens is 3. The second-order valence-corrected chi connectivity index (χ2v) is 6.41. The van der Waals surface area contributed by atoms with Gasteiger partial charge in [-0.3, -0.25) is 4.79 Å². The molecule has 4 rings (SSSR count).